The lowest BCUT2D eigenvalue weighted by Gasteiger charge is -2.27. The number of nitrogens with zero attached hydrogens (tertiary/aromatic N) is 1. The van der Waals surface area contributed by atoms with Crippen molar-refractivity contribution in [3.05, 3.63) is 28.3 Å². The van der Waals surface area contributed by atoms with Gasteiger partial charge in [-0.25, -0.2) is 8.42 Å². The Morgan fingerprint density at radius 3 is 2.40 bits per heavy atom. The molecule has 114 valence electrons. The summed E-state index contributed by atoms with van der Waals surface area (Å²) in [6.07, 6.45) is 0.760. The van der Waals surface area contributed by atoms with Crippen molar-refractivity contribution >= 4 is 21.6 Å². The molecule has 0 radical (unpaired) electrons. The van der Waals surface area contributed by atoms with Gasteiger partial charge in [0.1, 0.15) is 0 Å². The second-order valence-corrected chi connectivity index (χ2v) is 7.15. The van der Waals surface area contributed by atoms with Crippen molar-refractivity contribution in [1.82, 2.24) is 4.31 Å². The number of halogens is 1. The van der Waals surface area contributed by atoms with Gasteiger partial charge in [0.15, 0.2) is 0 Å². The van der Waals surface area contributed by atoms with Gasteiger partial charge < -0.3 is 5.73 Å². The van der Waals surface area contributed by atoms with E-state index in [9.17, 15) is 8.42 Å². The van der Waals surface area contributed by atoms with Crippen molar-refractivity contribution in [3.63, 3.8) is 0 Å². The third-order valence-corrected chi connectivity index (χ3v) is 6.07. The number of hydrogen-bond donors (Lipinski definition) is 1. The van der Waals surface area contributed by atoms with Crippen LogP contribution in [0.4, 0.5) is 0 Å². The van der Waals surface area contributed by atoms with Crippen molar-refractivity contribution in [2.24, 2.45) is 5.73 Å². The van der Waals surface area contributed by atoms with Gasteiger partial charge in [0.2, 0.25) is 10.0 Å². The third kappa shape index (κ3) is 3.34. The Morgan fingerprint density at radius 1 is 1.35 bits per heavy atom. The van der Waals surface area contributed by atoms with Crippen molar-refractivity contribution in [2.45, 2.75) is 51.6 Å². The molecule has 1 aromatic carbocycles. The lowest BCUT2D eigenvalue weighted by atomic mass is 10.1. The second-order valence-electron chi connectivity index (χ2n) is 4.86. The van der Waals surface area contributed by atoms with Gasteiger partial charge in [-0.1, -0.05) is 25.4 Å². The highest BCUT2D eigenvalue weighted by molar-refractivity contribution is 7.89. The minimum atomic E-state index is -3.55. The Morgan fingerprint density at radius 2 is 1.95 bits per heavy atom. The average Bonchev–Trinajstić information content (AvgIpc) is 2.40. The van der Waals surface area contributed by atoms with Crippen LogP contribution in [0.1, 0.15) is 38.3 Å². The fourth-order valence-electron chi connectivity index (χ4n) is 2.24. The topological polar surface area (TPSA) is 63.4 Å². The molecule has 1 aromatic rings. The second kappa shape index (κ2) is 6.89. The Kier molecular flexibility index (Phi) is 6.01. The van der Waals surface area contributed by atoms with Gasteiger partial charge in [0, 0.05) is 24.2 Å². The molecule has 1 atom stereocenters. The van der Waals surface area contributed by atoms with Crippen molar-refractivity contribution < 1.29 is 8.42 Å². The predicted molar refractivity (Wildman–Crippen MR) is 83.4 cm³/mol. The van der Waals surface area contributed by atoms with Crippen molar-refractivity contribution in [1.29, 1.82) is 0 Å². The zero-order chi connectivity index (χ0) is 15.5. The minimum Gasteiger partial charge on any atom is -0.326 e. The summed E-state index contributed by atoms with van der Waals surface area (Å²) < 4.78 is 27.2. The van der Waals surface area contributed by atoms with Gasteiger partial charge in [0.05, 0.1) is 4.90 Å². The number of rotatable bonds is 6. The lowest BCUT2D eigenvalue weighted by molar-refractivity contribution is 0.342. The SMILES string of the molecule is CCC(C)N(CC)S(=O)(=O)c1cc(Cl)cc(CN)c1C. The Balaban J connectivity index is 3.45. The van der Waals surface area contributed by atoms with E-state index < -0.39 is 10.0 Å². The summed E-state index contributed by atoms with van der Waals surface area (Å²) >= 11 is 6.03. The summed E-state index contributed by atoms with van der Waals surface area (Å²) in [5.41, 5.74) is 7.10. The van der Waals surface area contributed by atoms with E-state index >= 15 is 0 Å². The molecule has 0 saturated heterocycles. The van der Waals surface area contributed by atoms with E-state index in [2.05, 4.69) is 0 Å². The molecule has 0 fully saturated rings. The lowest BCUT2D eigenvalue weighted by Crippen LogP contribution is -2.38. The molecule has 0 aromatic heterocycles. The Bertz CT molecular complexity index is 573. The van der Waals surface area contributed by atoms with Crippen LogP contribution in [0.25, 0.3) is 0 Å². The standard InChI is InChI=1S/C14H23ClN2O2S/c1-5-10(3)17(6-2)20(18,19)14-8-13(15)7-12(9-16)11(14)4/h7-8,10H,5-6,9,16H2,1-4H3. The van der Waals surface area contributed by atoms with Crippen LogP contribution < -0.4 is 5.73 Å². The molecule has 0 aliphatic rings. The molecule has 1 unspecified atom stereocenters. The van der Waals surface area contributed by atoms with Gasteiger partial charge in [0.25, 0.3) is 0 Å². The molecule has 20 heavy (non-hydrogen) atoms. The highest BCUT2D eigenvalue weighted by Crippen LogP contribution is 2.28. The van der Waals surface area contributed by atoms with Crippen LogP contribution in [0.2, 0.25) is 5.02 Å². The molecule has 4 nitrogen and oxygen atoms in total. The number of benzene rings is 1. The first-order chi connectivity index (χ1) is 9.29. The van der Waals surface area contributed by atoms with Crippen LogP contribution in [0.5, 0.6) is 0 Å². The first-order valence-corrected chi connectivity index (χ1v) is 8.62. The Hall–Kier alpha value is -0.620. The van der Waals surface area contributed by atoms with Crippen LogP contribution in [0, 0.1) is 6.92 Å². The van der Waals surface area contributed by atoms with E-state index in [0.29, 0.717) is 17.1 Å². The highest BCUT2D eigenvalue weighted by Gasteiger charge is 2.29. The van der Waals surface area contributed by atoms with E-state index in [1.165, 1.54) is 10.4 Å². The minimum absolute atomic E-state index is 0.0512. The van der Waals surface area contributed by atoms with Gasteiger partial charge in [-0.3, -0.25) is 0 Å². The first-order valence-electron chi connectivity index (χ1n) is 6.80. The number of nitrogens with two attached hydrogens (primary N) is 1. The zero-order valence-electron chi connectivity index (χ0n) is 12.5. The summed E-state index contributed by atoms with van der Waals surface area (Å²) in [5, 5.41) is 0.398. The summed E-state index contributed by atoms with van der Waals surface area (Å²) in [5.74, 6) is 0. The molecule has 2 N–H and O–H groups in total. The quantitative estimate of drug-likeness (QED) is 0.877. The van der Waals surface area contributed by atoms with E-state index in [0.717, 1.165) is 12.0 Å². The highest BCUT2D eigenvalue weighted by atomic mass is 35.5. The van der Waals surface area contributed by atoms with Crippen LogP contribution >= 0.6 is 11.6 Å². The number of hydrogen-bond acceptors (Lipinski definition) is 3. The Labute approximate surface area is 127 Å². The van der Waals surface area contributed by atoms with E-state index in [1.807, 2.05) is 20.8 Å². The maximum absolute atomic E-state index is 12.8. The molecule has 0 amide bonds. The molecule has 0 aliphatic carbocycles. The molecular formula is C14H23ClN2O2S. The monoisotopic (exact) mass is 318 g/mol. The average molecular weight is 319 g/mol. The van der Waals surface area contributed by atoms with Crippen molar-refractivity contribution in [2.75, 3.05) is 6.54 Å². The maximum Gasteiger partial charge on any atom is 0.243 e. The summed E-state index contributed by atoms with van der Waals surface area (Å²) in [6.45, 7) is 8.19. The van der Waals surface area contributed by atoms with Gasteiger partial charge in [-0.05, 0) is 43.5 Å². The summed E-state index contributed by atoms with van der Waals surface area (Å²) in [6, 6.07) is 3.18. The molecule has 0 spiro atoms. The van der Waals surface area contributed by atoms with Gasteiger partial charge in [-0.15, -0.1) is 0 Å². The molecule has 1 rings (SSSR count). The van der Waals surface area contributed by atoms with Crippen LogP contribution in [-0.4, -0.2) is 25.3 Å². The van der Waals surface area contributed by atoms with Crippen LogP contribution in [-0.2, 0) is 16.6 Å². The summed E-state index contributed by atoms with van der Waals surface area (Å²) in [4.78, 5) is 0.257. The largest absolute Gasteiger partial charge is 0.326 e. The van der Waals surface area contributed by atoms with Crippen molar-refractivity contribution in [3.8, 4) is 0 Å². The van der Waals surface area contributed by atoms with Crippen LogP contribution in [0.15, 0.2) is 17.0 Å². The van der Waals surface area contributed by atoms with E-state index in [4.69, 9.17) is 17.3 Å². The summed E-state index contributed by atoms with van der Waals surface area (Å²) in [7, 11) is -3.55. The van der Waals surface area contributed by atoms with Gasteiger partial charge >= 0.3 is 0 Å². The van der Waals surface area contributed by atoms with Gasteiger partial charge in [-0.2, -0.15) is 4.31 Å². The van der Waals surface area contributed by atoms with Crippen LogP contribution in [0.3, 0.4) is 0 Å². The molecule has 0 heterocycles. The molecule has 6 heteroatoms. The molecule has 0 bridgehead atoms. The van der Waals surface area contributed by atoms with E-state index in [1.54, 1.807) is 13.0 Å². The molecule has 0 aliphatic heterocycles. The fraction of sp³-hybridized carbons (Fsp3) is 0.571. The number of sulfonamides is 1. The molecular weight excluding hydrogens is 296 g/mol. The third-order valence-electron chi connectivity index (χ3n) is 3.63. The normalized spacial score (nSPS) is 13.8. The first kappa shape index (κ1) is 17.4. The van der Waals surface area contributed by atoms with E-state index in [-0.39, 0.29) is 17.5 Å². The smallest absolute Gasteiger partial charge is 0.243 e. The molecule has 0 saturated carbocycles. The maximum atomic E-state index is 12.8. The zero-order valence-corrected chi connectivity index (χ0v) is 14.1. The fourth-order valence-corrected chi connectivity index (χ4v) is 4.55. The predicted octanol–water partition coefficient (Wildman–Crippen LogP) is 2.92.